The van der Waals surface area contributed by atoms with Crippen molar-refractivity contribution in [1.29, 1.82) is 0 Å². The number of nitrogens with one attached hydrogen (secondary N) is 3. The molecule has 192 valence electrons. The van der Waals surface area contributed by atoms with Gasteiger partial charge < -0.3 is 15.5 Å². The van der Waals surface area contributed by atoms with Crippen LogP contribution >= 0.6 is 0 Å². The summed E-state index contributed by atoms with van der Waals surface area (Å²) in [7, 11) is -3.28. The van der Waals surface area contributed by atoms with Crippen molar-refractivity contribution >= 4 is 39.0 Å². The molecular weight excluding hydrogens is 482 g/mol. The summed E-state index contributed by atoms with van der Waals surface area (Å²) in [5.74, 6) is 2.26. The zero-order chi connectivity index (χ0) is 24.9. The van der Waals surface area contributed by atoms with Crippen LogP contribution in [0, 0.1) is 0 Å². The van der Waals surface area contributed by atoms with Gasteiger partial charge in [-0.15, -0.1) is 5.10 Å². The van der Waals surface area contributed by atoms with Crippen LogP contribution in [-0.2, 0) is 14.8 Å². The molecule has 3 N–H and O–H groups in total. The van der Waals surface area contributed by atoms with E-state index in [4.69, 9.17) is 4.98 Å². The zero-order valence-corrected chi connectivity index (χ0v) is 21.0. The quantitative estimate of drug-likeness (QED) is 0.433. The molecule has 6 rings (SSSR count). The van der Waals surface area contributed by atoms with Gasteiger partial charge >= 0.3 is 0 Å². The van der Waals surface area contributed by atoms with Crippen molar-refractivity contribution < 1.29 is 13.2 Å². The molecule has 1 amide bonds. The number of H-pyrrole nitrogens is 1. The van der Waals surface area contributed by atoms with Crippen LogP contribution in [0.4, 0.5) is 17.6 Å². The minimum absolute atomic E-state index is 0.111. The number of sulfonamides is 1. The monoisotopic (exact) mass is 513 g/mol. The number of nitrogens with zero attached hydrogens (tertiary/aromatic N) is 6. The van der Waals surface area contributed by atoms with Crippen molar-refractivity contribution in [2.45, 2.75) is 56.5 Å². The van der Waals surface area contributed by atoms with Crippen LogP contribution in [0.2, 0.25) is 0 Å². The molecule has 2 unspecified atom stereocenters. The van der Waals surface area contributed by atoms with Crippen LogP contribution in [0.1, 0.15) is 50.1 Å². The lowest BCUT2D eigenvalue weighted by Crippen LogP contribution is -2.53. The summed E-state index contributed by atoms with van der Waals surface area (Å²) < 4.78 is 27.1. The number of hydrogen-bond donors (Lipinski definition) is 3. The van der Waals surface area contributed by atoms with Crippen LogP contribution in [0.15, 0.2) is 24.4 Å². The minimum Gasteiger partial charge on any atom is -0.350 e. The second-order valence-corrected chi connectivity index (χ2v) is 12.0. The maximum atomic E-state index is 13.3. The molecule has 1 aliphatic carbocycles. The van der Waals surface area contributed by atoms with Gasteiger partial charge in [0.2, 0.25) is 21.9 Å². The van der Waals surface area contributed by atoms with Crippen LogP contribution in [0.5, 0.6) is 0 Å². The Morgan fingerprint density at radius 3 is 2.81 bits per heavy atom. The maximum absolute atomic E-state index is 13.3. The second-order valence-electron chi connectivity index (χ2n) is 10.0. The molecule has 13 heteroatoms. The number of anilines is 3. The highest BCUT2D eigenvalue weighted by atomic mass is 32.2. The van der Waals surface area contributed by atoms with E-state index in [1.54, 1.807) is 4.52 Å². The van der Waals surface area contributed by atoms with Crippen LogP contribution in [-0.4, -0.2) is 81.4 Å². The molecule has 3 aromatic heterocycles. The molecule has 2 saturated heterocycles. The minimum atomic E-state index is -3.28. The van der Waals surface area contributed by atoms with E-state index in [0.29, 0.717) is 49.6 Å². The predicted molar refractivity (Wildman–Crippen MR) is 135 cm³/mol. The molecule has 1 saturated carbocycles. The molecular formula is C23H31N9O3S. The maximum Gasteiger partial charge on any atom is 0.246 e. The fraction of sp³-hybridized carbons (Fsp3) is 0.565. The number of carbonyl (C=O) groups excluding carboxylic acids is 1. The number of amides is 1. The third kappa shape index (κ3) is 4.64. The van der Waals surface area contributed by atoms with E-state index in [2.05, 4.69) is 25.9 Å². The largest absolute Gasteiger partial charge is 0.350 e. The molecule has 3 aliphatic rings. The highest BCUT2D eigenvalue weighted by Gasteiger charge is 2.35. The molecule has 2 aliphatic heterocycles. The highest BCUT2D eigenvalue weighted by Crippen LogP contribution is 2.39. The Kier molecular flexibility index (Phi) is 5.83. The van der Waals surface area contributed by atoms with Gasteiger partial charge in [0, 0.05) is 49.6 Å². The molecule has 0 aromatic carbocycles. The smallest absolute Gasteiger partial charge is 0.246 e. The van der Waals surface area contributed by atoms with E-state index in [0.717, 1.165) is 30.5 Å². The highest BCUT2D eigenvalue weighted by molar-refractivity contribution is 7.88. The SMILES string of the molecule is CS(=O)(=O)N1CCCC(NC(=O)C2CCCN2c2nc(Nc3cc(C4CC4)[nH]n3)c3cccn3n2)C1. The first kappa shape index (κ1) is 23.2. The summed E-state index contributed by atoms with van der Waals surface area (Å²) in [6.07, 6.45) is 8.47. The van der Waals surface area contributed by atoms with E-state index in [-0.39, 0.29) is 11.9 Å². The lowest BCUT2D eigenvalue weighted by molar-refractivity contribution is -0.123. The third-order valence-electron chi connectivity index (χ3n) is 7.25. The van der Waals surface area contributed by atoms with E-state index in [9.17, 15) is 13.2 Å². The normalized spacial score (nSPS) is 23.3. The summed E-state index contributed by atoms with van der Waals surface area (Å²) >= 11 is 0. The van der Waals surface area contributed by atoms with E-state index in [1.807, 2.05) is 29.3 Å². The Morgan fingerprint density at radius 2 is 2.00 bits per heavy atom. The summed E-state index contributed by atoms with van der Waals surface area (Å²) in [5, 5.41) is 18.6. The first-order valence-corrected chi connectivity index (χ1v) is 14.4. The summed E-state index contributed by atoms with van der Waals surface area (Å²) in [6.45, 7) is 1.47. The van der Waals surface area contributed by atoms with Crippen LogP contribution in [0.25, 0.3) is 5.52 Å². The second kappa shape index (κ2) is 9.04. The number of rotatable bonds is 7. The first-order valence-electron chi connectivity index (χ1n) is 12.5. The standard InChI is InChI=1S/C23H31N9O3S/c1-36(34,35)30-10-2-5-16(14-30)24-22(33)19-7-3-11-31(19)23-26-21(18-6-4-12-32(18)29-23)25-20-13-17(27-28-20)15-8-9-15/h4,6,12-13,15-16,19H,2-3,5,7-11,14H2,1H3,(H,24,33)(H2,25,26,27,28,29). The molecule has 5 heterocycles. The van der Waals surface area contributed by atoms with Crippen molar-refractivity contribution in [3.8, 4) is 0 Å². The van der Waals surface area contributed by atoms with Crippen molar-refractivity contribution in [3.05, 3.63) is 30.1 Å². The predicted octanol–water partition coefficient (Wildman–Crippen LogP) is 1.58. The number of carbonyl (C=O) groups is 1. The number of piperidine rings is 1. The Morgan fingerprint density at radius 1 is 1.17 bits per heavy atom. The van der Waals surface area contributed by atoms with E-state index in [1.165, 1.54) is 23.4 Å². The van der Waals surface area contributed by atoms with Gasteiger partial charge in [-0.3, -0.25) is 9.89 Å². The fourth-order valence-electron chi connectivity index (χ4n) is 5.20. The number of aromatic nitrogens is 5. The Bertz CT molecular complexity index is 1380. The topological polar surface area (TPSA) is 141 Å². The zero-order valence-electron chi connectivity index (χ0n) is 20.2. The summed E-state index contributed by atoms with van der Waals surface area (Å²) in [6, 6.07) is 5.25. The first-order chi connectivity index (χ1) is 17.3. The summed E-state index contributed by atoms with van der Waals surface area (Å²) in [4.78, 5) is 20.0. The Hall–Kier alpha value is -3.19. The van der Waals surface area contributed by atoms with Gasteiger partial charge in [-0.05, 0) is 50.7 Å². The number of aromatic amines is 1. The van der Waals surface area contributed by atoms with Crippen LogP contribution < -0.4 is 15.5 Å². The lowest BCUT2D eigenvalue weighted by Gasteiger charge is -2.33. The van der Waals surface area contributed by atoms with Crippen molar-refractivity contribution in [1.82, 2.24) is 34.4 Å². The third-order valence-corrected chi connectivity index (χ3v) is 8.52. The Labute approximate surface area is 209 Å². The van der Waals surface area contributed by atoms with Gasteiger partial charge in [-0.25, -0.2) is 17.2 Å². The average Bonchev–Trinajstić information content (AvgIpc) is 3.24. The van der Waals surface area contributed by atoms with Gasteiger partial charge in [-0.1, -0.05) is 0 Å². The van der Waals surface area contributed by atoms with Crippen molar-refractivity contribution in [2.24, 2.45) is 0 Å². The van der Waals surface area contributed by atoms with E-state index >= 15 is 0 Å². The molecule has 3 fully saturated rings. The molecule has 12 nitrogen and oxygen atoms in total. The van der Waals surface area contributed by atoms with Gasteiger partial charge in [0.05, 0.1) is 6.26 Å². The molecule has 36 heavy (non-hydrogen) atoms. The van der Waals surface area contributed by atoms with Gasteiger partial charge in [0.25, 0.3) is 0 Å². The molecule has 0 bridgehead atoms. The van der Waals surface area contributed by atoms with Gasteiger partial charge in [-0.2, -0.15) is 10.1 Å². The summed E-state index contributed by atoms with van der Waals surface area (Å²) in [5.41, 5.74) is 1.95. The molecule has 2 atom stereocenters. The Balaban J connectivity index is 1.21. The molecule has 0 spiro atoms. The van der Waals surface area contributed by atoms with Crippen LogP contribution in [0.3, 0.4) is 0 Å². The van der Waals surface area contributed by atoms with E-state index < -0.39 is 16.1 Å². The van der Waals surface area contributed by atoms with Crippen molar-refractivity contribution in [3.63, 3.8) is 0 Å². The average molecular weight is 514 g/mol. The molecule has 0 radical (unpaired) electrons. The lowest BCUT2D eigenvalue weighted by atomic mass is 10.1. The van der Waals surface area contributed by atoms with Gasteiger partial charge in [0.15, 0.2) is 11.6 Å². The van der Waals surface area contributed by atoms with Gasteiger partial charge in [0.1, 0.15) is 11.6 Å². The van der Waals surface area contributed by atoms with Crippen molar-refractivity contribution in [2.75, 3.05) is 36.1 Å². The fourth-order valence-corrected chi connectivity index (χ4v) is 6.11. The molecule has 3 aromatic rings. The number of hydrogen-bond acceptors (Lipinski definition) is 8. The number of fused-ring (bicyclic) bond motifs is 1.